The van der Waals surface area contributed by atoms with E-state index >= 15 is 0 Å². The molecule has 0 radical (unpaired) electrons. The molecule has 0 spiro atoms. The number of H-pyrrole nitrogens is 1. The summed E-state index contributed by atoms with van der Waals surface area (Å²) in [5.74, 6) is 0. The highest BCUT2D eigenvalue weighted by atomic mass is 19.4. The zero-order chi connectivity index (χ0) is 23.3. The van der Waals surface area contributed by atoms with Crippen molar-refractivity contribution in [2.24, 2.45) is 0 Å². The second kappa shape index (κ2) is 7.91. The average molecular weight is 455 g/mol. The number of benzene rings is 2. The van der Waals surface area contributed by atoms with Crippen molar-refractivity contribution in [2.45, 2.75) is 26.1 Å². The second-order valence-electron chi connectivity index (χ2n) is 8.64. The number of aromatic nitrogens is 3. The predicted molar refractivity (Wildman–Crippen MR) is 123 cm³/mol. The highest BCUT2D eigenvalue weighted by Crippen LogP contribution is 2.38. The Morgan fingerprint density at radius 2 is 1.70 bits per heavy atom. The summed E-state index contributed by atoms with van der Waals surface area (Å²) in [6.45, 7) is 6.96. The number of aromatic amines is 1. The SMILES string of the molecule is CC(C)N1CCN(c2cc(C(F)(F)F)cc3c2ncc2c(=O)n(-c4ccccc4)[nH]c23)CC1. The summed E-state index contributed by atoms with van der Waals surface area (Å²) < 4.78 is 42.9. The van der Waals surface area contributed by atoms with Crippen LogP contribution in [0.1, 0.15) is 19.4 Å². The van der Waals surface area contributed by atoms with Crippen LogP contribution in [0.2, 0.25) is 0 Å². The van der Waals surface area contributed by atoms with Crippen LogP contribution in [0.3, 0.4) is 0 Å². The van der Waals surface area contributed by atoms with Crippen LogP contribution in [-0.2, 0) is 6.18 Å². The van der Waals surface area contributed by atoms with Gasteiger partial charge in [-0.3, -0.25) is 19.8 Å². The fourth-order valence-electron chi connectivity index (χ4n) is 4.49. The van der Waals surface area contributed by atoms with Crippen LogP contribution in [0.4, 0.5) is 18.9 Å². The standard InChI is InChI=1S/C24H24F3N5O/c1-15(2)30-8-10-31(11-9-30)20-13-16(24(25,26)27)12-18-21-19(14-28-22(18)20)23(33)32(29-21)17-6-4-3-5-7-17/h3-7,12-15,29H,8-11H2,1-2H3. The normalized spacial score (nSPS) is 15.8. The van der Waals surface area contributed by atoms with E-state index in [1.807, 2.05) is 11.0 Å². The van der Waals surface area contributed by atoms with Gasteiger partial charge in [0.25, 0.3) is 5.56 Å². The third-order valence-corrected chi connectivity index (χ3v) is 6.34. The topological polar surface area (TPSA) is 57.2 Å². The summed E-state index contributed by atoms with van der Waals surface area (Å²) in [5, 5.41) is 3.56. The number of alkyl halides is 3. The van der Waals surface area contributed by atoms with Crippen molar-refractivity contribution in [1.29, 1.82) is 0 Å². The average Bonchev–Trinajstić information content (AvgIpc) is 3.15. The molecule has 172 valence electrons. The number of rotatable bonds is 3. The molecule has 1 N–H and O–H groups in total. The lowest BCUT2D eigenvalue weighted by atomic mass is 10.1. The van der Waals surface area contributed by atoms with Crippen LogP contribution in [0.15, 0.2) is 53.5 Å². The lowest BCUT2D eigenvalue weighted by Gasteiger charge is -2.38. The Labute approximate surface area is 188 Å². The molecule has 3 heterocycles. The van der Waals surface area contributed by atoms with Gasteiger partial charge in [0.2, 0.25) is 0 Å². The van der Waals surface area contributed by atoms with Crippen LogP contribution in [0.25, 0.3) is 27.5 Å². The van der Waals surface area contributed by atoms with Gasteiger partial charge in [0.05, 0.1) is 33.4 Å². The Bertz CT molecular complexity index is 1370. The zero-order valence-corrected chi connectivity index (χ0v) is 18.4. The summed E-state index contributed by atoms with van der Waals surface area (Å²) in [4.78, 5) is 21.7. The van der Waals surface area contributed by atoms with Gasteiger partial charge in [-0.05, 0) is 38.1 Å². The molecule has 0 atom stereocenters. The van der Waals surface area contributed by atoms with Crippen molar-refractivity contribution >= 4 is 27.5 Å². The molecule has 1 fully saturated rings. The molecule has 0 saturated carbocycles. The molecule has 0 bridgehead atoms. The number of nitrogens with one attached hydrogen (secondary N) is 1. The minimum absolute atomic E-state index is 0.251. The zero-order valence-electron chi connectivity index (χ0n) is 18.4. The molecule has 33 heavy (non-hydrogen) atoms. The highest BCUT2D eigenvalue weighted by Gasteiger charge is 2.33. The summed E-state index contributed by atoms with van der Waals surface area (Å²) in [5.41, 5.74) is 0.744. The smallest absolute Gasteiger partial charge is 0.367 e. The van der Waals surface area contributed by atoms with Crippen molar-refractivity contribution in [1.82, 2.24) is 19.7 Å². The second-order valence-corrected chi connectivity index (χ2v) is 8.64. The molecule has 0 aliphatic carbocycles. The van der Waals surface area contributed by atoms with Crippen LogP contribution in [-0.4, -0.2) is 51.9 Å². The molecule has 4 aromatic rings. The molecule has 6 nitrogen and oxygen atoms in total. The number of halogens is 3. The molecule has 5 rings (SSSR count). The summed E-state index contributed by atoms with van der Waals surface area (Å²) in [6.07, 6.45) is -3.07. The molecule has 9 heteroatoms. The molecular weight excluding hydrogens is 431 g/mol. The van der Waals surface area contributed by atoms with E-state index in [1.165, 1.54) is 16.9 Å². The number of nitrogens with zero attached hydrogens (tertiary/aromatic N) is 4. The lowest BCUT2D eigenvalue weighted by Crippen LogP contribution is -2.49. The molecule has 2 aromatic carbocycles. The number of piperazine rings is 1. The van der Waals surface area contributed by atoms with Crippen molar-refractivity contribution in [3.63, 3.8) is 0 Å². The van der Waals surface area contributed by atoms with Gasteiger partial charge >= 0.3 is 6.18 Å². The Morgan fingerprint density at radius 1 is 1.00 bits per heavy atom. The predicted octanol–water partition coefficient (Wildman–Crippen LogP) is 4.42. The molecule has 0 amide bonds. The quantitative estimate of drug-likeness (QED) is 0.497. The summed E-state index contributed by atoms with van der Waals surface area (Å²) in [7, 11) is 0. The number of hydrogen-bond acceptors (Lipinski definition) is 4. The van der Waals surface area contributed by atoms with Crippen LogP contribution in [0, 0.1) is 0 Å². The molecule has 1 aliphatic heterocycles. The number of hydrogen-bond donors (Lipinski definition) is 1. The minimum atomic E-state index is -4.52. The van der Waals surface area contributed by atoms with E-state index in [4.69, 9.17) is 0 Å². The highest BCUT2D eigenvalue weighted by molar-refractivity contribution is 6.07. The van der Waals surface area contributed by atoms with Gasteiger partial charge < -0.3 is 4.90 Å². The molecule has 2 aromatic heterocycles. The first kappa shape index (κ1) is 21.5. The van der Waals surface area contributed by atoms with Crippen molar-refractivity contribution in [3.8, 4) is 5.69 Å². The van der Waals surface area contributed by atoms with Gasteiger partial charge in [-0.1, -0.05) is 18.2 Å². The first-order valence-corrected chi connectivity index (χ1v) is 10.9. The summed E-state index contributed by atoms with van der Waals surface area (Å²) >= 11 is 0. The van der Waals surface area contributed by atoms with E-state index in [-0.39, 0.29) is 16.3 Å². The first-order valence-electron chi connectivity index (χ1n) is 10.9. The van der Waals surface area contributed by atoms with Gasteiger partial charge in [-0.25, -0.2) is 4.68 Å². The van der Waals surface area contributed by atoms with Crippen molar-refractivity contribution in [3.05, 3.63) is 64.6 Å². The maximum Gasteiger partial charge on any atom is 0.416 e. The largest absolute Gasteiger partial charge is 0.416 e. The lowest BCUT2D eigenvalue weighted by molar-refractivity contribution is -0.137. The van der Waals surface area contributed by atoms with E-state index in [2.05, 4.69) is 28.8 Å². The molecule has 0 unspecified atom stereocenters. The van der Waals surface area contributed by atoms with Crippen LogP contribution >= 0.6 is 0 Å². The molecule has 1 saturated heterocycles. The number of pyridine rings is 1. The fraction of sp³-hybridized carbons (Fsp3) is 0.333. The molecular formula is C24H24F3N5O. The van der Waals surface area contributed by atoms with E-state index in [0.29, 0.717) is 41.5 Å². The Balaban J connectivity index is 1.71. The van der Waals surface area contributed by atoms with Gasteiger partial charge in [0, 0.05) is 43.8 Å². The van der Waals surface area contributed by atoms with Gasteiger partial charge in [-0.15, -0.1) is 0 Å². The van der Waals surface area contributed by atoms with Crippen molar-refractivity contribution < 1.29 is 13.2 Å². The Kier molecular flexibility index (Phi) is 5.16. The van der Waals surface area contributed by atoms with Gasteiger partial charge in [0.1, 0.15) is 0 Å². The monoisotopic (exact) mass is 455 g/mol. The fourth-order valence-corrected chi connectivity index (χ4v) is 4.49. The summed E-state index contributed by atoms with van der Waals surface area (Å²) in [6, 6.07) is 11.6. The Morgan fingerprint density at radius 3 is 2.33 bits per heavy atom. The van der Waals surface area contributed by atoms with E-state index in [9.17, 15) is 18.0 Å². The number of anilines is 1. The van der Waals surface area contributed by atoms with E-state index in [1.54, 1.807) is 24.3 Å². The number of para-hydroxylation sites is 1. The van der Waals surface area contributed by atoms with Gasteiger partial charge in [0.15, 0.2) is 0 Å². The maximum atomic E-state index is 13.9. The molecule has 1 aliphatic rings. The Hall–Kier alpha value is -3.33. The first-order chi connectivity index (χ1) is 15.7. The van der Waals surface area contributed by atoms with E-state index < -0.39 is 11.7 Å². The number of fused-ring (bicyclic) bond motifs is 3. The van der Waals surface area contributed by atoms with E-state index in [0.717, 1.165) is 19.2 Å². The van der Waals surface area contributed by atoms with Crippen LogP contribution < -0.4 is 10.5 Å². The van der Waals surface area contributed by atoms with Gasteiger partial charge in [-0.2, -0.15) is 13.2 Å². The minimum Gasteiger partial charge on any atom is -0.367 e. The van der Waals surface area contributed by atoms with Crippen LogP contribution in [0.5, 0.6) is 0 Å². The maximum absolute atomic E-state index is 13.9. The third-order valence-electron chi connectivity index (χ3n) is 6.34. The third kappa shape index (κ3) is 3.76. The van der Waals surface area contributed by atoms with Crippen molar-refractivity contribution in [2.75, 3.05) is 31.1 Å².